The molecule has 3 N–H and O–H groups in total. The lowest BCUT2D eigenvalue weighted by Crippen LogP contribution is -2.48. The molecule has 0 saturated carbocycles. The van der Waals surface area contributed by atoms with Crippen molar-refractivity contribution in [3.63, 3.8) is 0 Å². The van der Waals surface area contributed by atoms with Crippen LogP contribution in [-0.4, -0.2) is 47.8 Å². The molecule has 4 rings (SSSR count). The van der Waals surface area contributed by atoms with Crippen molar-refractivity contribution in [3.8, 4) is 5.88 Å². The molecule has 1 aliphatic rings. The van der Waals surface area contributed by atoms with Gasteiger partial charge in [-0.2, -0.15) is 0 Å². The number of benzene rings is 1. The average molecular weight is 497 g/mol. The Hall–Kier alpha value is -3.43. The number of halogens is 2. The molecule has 9 heteroatoms. The van der Waals surface area contributed by atoms with E-state index in [-0.39, 0.29) is 30.2 Å². The van der Waals surface area contributed by atoms with Crippen molar-refractivity contribution in [2.45, 2.75) is 50.4 Å². The highest BCUT2D eigenvalue weighted by Crippen LogP contribution is 2.27. The smallest absolute Gasteiger partial charge is 0.220 e. The molecular formula is C27H30F2N4O3. The van der Waals surface area contributed by atoms with Gasteiger partial charge in [0.15, 0.2) is 0 Å². The van der Waals surface area contributed by atoms with E-state index in [0.29, 0.717) is 12.4 Å². The molecule has 0 spiro atoms. The Morgan fingerprint density at radius 3 is 2.92 bits per heavy atom. The van der Waals surface area contributed by atoms with Crippen LogP contribution in [0.1, 0.15) is 36.8 Å². The van der Waals surface area contributed by atoms with E-state index in [4.69, 9.17) is 15.2 Å². The number of nitrogens with zero attached hydrogens (tertiary/aromatic N) is 2. The highest BCUT2D eigenvalue weighted by Gasteiger charge is 2.31. The number of nitrogens with two attached hydrogens (primary N) is 1. The van der Waals surface area contributed by atoms with Crippen LogP contribution in [0.3, 0.4) is 0 Å². The van der Waals surface area contributed by atoms with Crippen LogP contribution in [-0.2, 0) is 16.0 Å². The summed E-state index contributed by atoms with van der Waals surface area (Å²) in [5.41, 5.74) is 8.34. The summed E-state index contributed by atoms with van der Waals surface area (Å²) in [5, 5.41) is 3.34. The number of primary amides is 1. The van der Waals surface area contributed by atoms with E-state index >= 15 is 0 Å². The number of pyridine rings is 2. The molecule has 0 bridgehead atoms. The molecule has 1 aliphatic heterocycles. The highest BCUT2D eigenvalue weighted by atomic mass is 19.1. The van der Waals surface area contributed by atoms with Crippen LogP contribution in [0.15, 0.2) is 48.7 Å². The molecule has 1 amide bonds. The van der Waals surface area contributed by atoms with Gasteiger partial charge in [0, 0.05) is 30.4 Å². The monoisotopic (exact) mass is 496 g/mol. The lowest BCUT2D eigenvalue weighted by molar-refractivity contribution is -0.126. The number of carbonyl (C=O) groups is 1. The molecule has 1 saturated heterocycles. The van der Waals surface area contributed by atoms with Crippen LogP contribution in [0.25, 0.3) is 17.1 Å². The maximum atomic E-state index is 13.8. The molecule has 0 unspecified atom stereocenters. The first-order chi connectivity index (χ1) is 17.4. The predicted octanol–water partition coefficient (Wildman–Crippen LogP) is 3.94. The highest BCUT2D eigenvalue weighted by molar-refractivity contribution is 5.78. The van der Waals surface area contributed by atoms with Gasteiger partial charge in [0.25, 0.3) is 0 Å². The largest absolute Gasteiger partial charge is 0.481 e. The van der Waals surface area contributed by atoms with Crippen molar-refractivity contribution in [3.05, 3.63) is 71.4 Å². The second-order valence-electron chi connectivity index (χ2n) is 8.86. The lowest BCUT2D eigenvalue weighted by atomic mass is 9.93. The number of amides is 1. The van der Waals surface area contributed by atoms with Crippen LogP contribution in [0.2, 0.25) is 0 Å². The third kappa shape index (κ3) is 6.61. The number of rotatable bonds is 10. The molecule has 2 aromatic heterocycles. The summed E-state index contributed by atoms with van der Waals surface area (Å²) in [7, 11) is 1.58. The Kier molecular flexibility index (Phi) is 8.56. The molecule has 7 nitrogen and oxygen atoms in total. The number of hydrogen-bond donors (Lipinski definition) is 2. The maximum Gasteiger partial charge on any atom is 0.220 e. The molecule has 1 fully saturated rings. The fraction of sp³-hybridized carbons (Fsp3) is 0.370. The molecule has 190 valence electrons. The summed E-state index contributed by atoms with van der Waals surface area (Å²) in [6, 6.07) is 8.88. The Bertz CT molecular complexity index is 1240. The van der Waals surface area contributed by atoms with Crippen molar-refractivity contribution in [2.75, 3.05) is 13.7 Å². The van der Waals surface area contributed by atoms with Gasteiger partial charge in [-0.15, -0.1) is 0 Å². The number of methoxy groups -OCH3 is 1. The summed E-state index contributed by atoms with van der Waals surface area (Å²) in [5.74, 6) is -0.873. The third-order valence-electron chi connectivity index (χ3n) is 6.36. The second kappa shape index (κ2) is 12.0. The number of hydrogen-bond acceptors (Lipinski definition) is 6. The summed E-state index contributed by atoms with van der Waals surface area (Å²) >= 11 is 0. The SMILES string of the molecule is COc1ccc2nccc(CC[C@@H]3CC[C@@H](NC/C=C/c4cc(F)ccc4F)[C@@H](CC(N)=O)O3)c2n1. The van der Waals surface area contributed by atoms with Gasteiger partial charge in [0.05, 0.1) is 36.8 Å². The van der Waals surface area contributed by atoms with E-state index in [1.54, 1.807) is 25.4 Å². The van der Waals surface area contributed by atoms with Crippen molar-refractivity contribution in [1.29, 1.82) is 0 Å². The number of nitrogens with one attached hydrogen (secondary N) is 1. The zero-order valence-electron chi connectivity index (χ0n) is 20.1. The number of aryl methyl sites for hydroxylation is 1. The molecule has 0 aliphatic carbocycles. The minimum Gasteiger partial charge on any atom is -0.481 e. The quantitative estimate of drug-likeness (QED) is 0.441. The summed E-state index contributed by atoms with van der Waals surface area (Å²) in [4.78, 5) is 20.6. The van der Waals surface area contributed by atoms with E-state index < -0.39 is 17.5 Å². The fourth-order valence-corrected chi connectivity index (χ4v) is 4.54. The fourth-order valence-electron chi connectivity index (χ4n) is 4.54. The van der Waals surface area contributed by atoms with Gasteiger partial charge < -0.3 is 20.5 Å². The van der Waals surface area contributed by atoms with Gasteiger partial charge >= 0.3 is 0 Å². The van der Waals surface area contributed by atoms with Gasteiger partial charge in [0.2, 0.25) is 11.8 Å². The zero-order chi connectivity index (χ0) is 25.5. The van der Waals surface area contributed by atoms with Crippen molar-refractivity contribution >= 4 is 23.0 Å². The summed E-state index contributed by atoms with van der Waals surface area (Å²) in [6.45, 7) is 0.417. The van der Waals surface area contributed by atoms with Crippen molar-refractivity contribution < 1.29 is 23.0 Å². The Morgan fingerprint density at radius 1 is 1.25 bits per heavy atom. The molecule has 3 atom stereocenters. The van der Waals surface area contributed by atoms with Crippen LogP contribution >= 0.6 is 0 Å². The topological polar surface area (TPSA) is 99.4 Å². The van der Waals surface area contributed by atoms with Gasteiger partial charge in [-0.25, -0.2) is 13.8 Å². The molecule has 36 heavy (non-hydrogen) atoms. The van der Waals surface area contributed by atoms with E-state index in [0.717, 1.165) is 60.5 Å². The Labute approximate surface area is 208 Å². The molecule has 1 aromatic carbocycles. The van der Waals surface area contributed by atoms with Crippen LogP contribution in [0.5, 0.6) is 5.88 Å². The third-order valence-corrected chi connectivity index (χ3v) is 6.36. The van der Waals surface area contributed by atoms with Crippen molar-refractivity contribution in [2.24, 2.45) is 5.73 Å². The van der Waals surface area contributed by atoms with E-state index in [2.05, 4.69) is 15.3 Å². The van der Waals surface area contributed by atoms with Gasteiger partial charge in [-0.3, -0.25) is 9.78 Å². The molecule has 0 radical (unpaired) electrons. The van der Waals surface area contributed by atoms with E-state index in [9.17, 15) is 13.6 Å². The minimum absolute atomic E-state index is 0.0295. The van der Waals surface area contributed by atoms with Gasteiger partial charge in [0.1, 0.15) is 11.6 Å². The minimum atomic E-state index is -0.494. The Morgan fingerprint density at radius 2 is 2.11 bits per heavy atom. The first kappa shape index (κ1) is 25.7. The molecular weight excluding hydrogens is 466 g/mol. The number of aromatic nitrogens is 2. The maximum absolute atomic E-state index is 13.8. The van der Waals surface area contributed by atoms with Crippen LogP contribution in [0.4, 0.5) is 8.78 Å². The zero-order valence-corrected chi connectivity index (χ0v) is 20.1. The van der Waals surface area contributed by atoms with Gasteiger partial charge in [-0.1, -0.05) is 12.2 Å². The van der Waals surface area contributed by atoms with E-state index in [1.165, 1.54) is 6.08 Å². The second-order valence-corrected chi connectivity index (χ2v) is 8.86. The van der Waals surface area contributed by atoms with Crippen LogP contribution in [0, 0.1) is 11.6 Å². The summed E-state index contributed by atoms with van der Waals surface area (Å²) < 4.78 is 38.7. The number of ether oxygens (including phenoxy) is 2. The summed E-state index contributed by atoms with van der Waals surface area (Å²) in [6.07, 6.45) is 7.85. The number of carbonyl (C=O) groups excluding carboxylic acids is 1. The van der Waals surface area contributed by atoms with Crippen LogP contribution < -0.4 is 15.8 Å². The first-order valence-electron chi connectivity index (χ1n) is 12.0. The number of fused-ring (bicyclic) bond motifs is 1. The normalized spacial score (nSPS) is 20.1. The average Bonchev–Trinajstić information content (AvgIpc) is 2.87. The Balaban J connectivity index is 1.35. The molecule has 3 heterocycles. The lowest BCUT2D eigenvalue weighted by Gasteiger charge is -2.36. The standard InChI is InChI=1S/C27H30F2N4O3/c1-35-26-11-10-23-27(33-26)17(12-14-32-23)4-6-20-7-9-22(24(36-20)16-25(30)34)31-13-2-3-18-15-19(28)5-8-21(18)29/h2-3,5,8,10-12,14-15,20,22,24,31H,4,6-7,9,13,16H2,1H3,(H2,30,34)/b3-2+/t20-,22-,24-/m1/s1. The van der Waals surface area contributed by atoms with Crippen molar-refractivity contribution in [1.82, 2.24) is 15.3 Å². The predicted molar refractivity (Wildman–Crippen MR) is 133 cm³/mol. The van der Waals surface area contributed by atoms with E-state index in [1.807, 2.05) is 12.1 Å². The molecule has 3 aromatic rings. The first-order valence-corrected chi connectivity index (χ1v) is 12.0. The van der Waals surface area contributed by atoms with Gasteiger partial charge in [-0.05, 0) is 61.6 Å².